The Morgan fingerprint density at radius 3 is 3.13 bits per heavy atom. The lowest BCUT2D eigenvalue weighted by Gasteiger charge is -2.19. The number of benzene rings is 1. The van der Waals surface area contributed by atoms with Gasteiger partial charge in [0.2, 0.25) is 0 Å². The summed E-state index contributed by atoms with van der Waals surface area (Å²) in [5.41, 5.74) is 3.22. The zero-order valence-corrected chi connectivity index (χ0v) is 8.44. The zero-order valence-electron chi connectivity index (χ0n) is 8.44. The normalized spacial score (nSPS) is 18.6. The van der Waals surface area contributed by atoms with E-state index in [9.17, 15) is 0 Å². The molecule has 0 aliphatic carbocycles. The maximum atomic E-state index is 4.40. The van der Waals surface area contributed by atoms with Gasteiger partial charge in [-0.3, -0.25) is 9.98 Å². The van der Waals surface area contributed by atoms with Crippen molar-refractivity contribution in [1.29, 1.82) is 0 Å². The van der Waals surface area contributed by atoms with Gasteiger partial charge in [-0.25, -0.2) is 0 Å². The Hall–Kier alpha value is -1.90. The molecule has 15 heavy (non-hydrogen) atoms. The number of nitrogens with one attached hydrogen (secondary N) is 1. The third-order valence-corrected chi connectivity index (χ3v) is 2.60. The highest BCUT2D eigenvalue weighted by Gasteiger charge is 2.12. The summed E-state index contributed by atoms with van der Waals surface area (Å²) in [6.45, 7) is 2.03. The number of nitrogens with zero attached hydrogens (tertiary/aromatic N) is 2. The summed E-state index contributed by atoms with van der Waals surface area (Å²) in [7, 11) is 0. The van der Waals surface area contributed by atoms with E-state index < -0.39 is 0 Å². The number of aromatic nitrogens is 1. The van der Waals surface area contributed by atoms with E-state index in [-0.39, 0.29) is 6.17 Å². The van der Waals surface area contributed by atoms with E-state index in [1.54, 1.807) is 0 Å². The van der Waals surface area contributed by atoms with Gasteiger partial charge in [0.25, 0.3) is 0 Å². The molecule has 0 radical (unpaired) electrons. The summed E-state index contributed by atoms with van der Waals surface area (Å²) >= 11 is 0. The SMILES string of the molecule is CC1N=Cc2ccc3cccnc3c2N1. The van der Waals surface area contributed by atoms with E-state index in [1.807, 2.05) is 25.4 Å². The van der Waals surface area contributed by atoms with Crippen molar-refractivity contribution in [3.05, 3.63) is 36.0 Å². The molecule has 1 aliphatic rings. The van der Waals surface area contributed by atoms with Crippen LogP contribution in [0.25, 0.3) is 10.9 Å². The molecule has 3 nitrogen and oxygen atoms in total. The molecule has 1 aromatic carbocycles. The maximum Gasteiger partial charge on any atom is 0.115 e. The van der Waals surface area contributed by atoms with Gasteiger partial charge in [0.15, 0.2) is 0 Å². The predicted molar refractivity (Wildman–Crippen MR) is 62.4 cm³/mol. The fourth-order valence-corrected chi connectivity index (χ4v) is 1.86. The number of fused-ring (bicyclic) bond motifs is 3. The fraction of sp³-hybridized carbons (Fsp3) is 0.167. The van der Waals surface area contributed by atoms with Crippen LogP contribution in [0.15, 0.2) is 35.5 Å². The van der Waals surface area contributed by atoms with Crippen LogP contribution in [0.4, 0.5) is 5.69 Å². The van der Waals surface area contributed by atoms with E-state index in [0.29, 0.717) is 0 Å². The molecule has 1 aliphatic heterocycles. The van der Waals surface area contributed by atoms with E-state index >= 15 is 0 Å². The van der Waals surface area contributed by atoms with Crippen molar-refractivity contribution in [2.75, 3.05) is 5.32 Å². The average Bonchev–Trinajstić information content (AvgIpc) is 2.29. The molecular formula is C12H11N3. The van der Waals surface area contributed by atoms with E-state index in [4.69, 9.17) is 0 Å². The van der Waals surface area contributed by atoms with Gasteiger partial charge in [-0.15, -0.1) is 0 Å². The lowest BCUT2D eigenvalue weighted by atomic mass is 10.1. The molecule has 0 saturated carbocycles. The molecule has 0 saturated heterocycles. The van der Waals surface area contributed by atoms with Crippen molar-refractivity contribution in [2.24, 2.45) is 4.99 Å². The Morgan fingerprint density at radius 1 is 1.27 bits per heavy atom. The fourth-order valence-electron chi connectivity index (χ4n) is 1.86. The third kappa shape index (κ3) is 1.28. The topological polar surface area (TPSA) is 37.3 Å². The van der Waals surface area contributed by atoms with Crippen LogP contribution < -0.4 is 5.32 Å². The van der Waals surface area contributed by atoms with Crippen LogP contribution in [0.5, 0.6) is 0 Å². The lowest BCUT2D eigenvalue weighted by Crippen LogP contribution is -2.18. The Kier molecular flexibility index (Phi) is 1.71. The molecule has 1 atom stereocenters. The molecule has 2 heterocycles. The van der Waals surface area contributed by atoms with Crippen LogP contribution in [0, 0.1) is 0 Å². The van der Waals surface area contributed by atoms with E-state index in [1.165, 1.54) is 0 Å². The van der Waals surface area contributed by atoms with Crippen LogP contribution >= 0.6 is 0 Å². The molecule has 3 rings (SSSR count). The zero-order chi connectivity index (χ0) is 10.3. The quantitative estimate of drug-likeness (QED) is 0.704. The second-order valence-corrected chi connectivity index (χ2v) is 3.70. The second-order valence-electron chi connectivity index (χ2n) is 3.70. The smallest absolute Gasteiger partial charge is 0.115 e. The molecule has 1 N–H and O–H groups in total. The monoisotopic (exact) mass is 197 g/mol. The van der Waals surface area contributed by atoms with Crippen LogP contribution in [0.2, 0.25) is 0 Å². The van der Waals surface area contributed by atoms with Gasteiger partial charge in [-0.05, 0) is 13.0 Å². The lowest BCUT2D eigenvalue weighted by molar-refractivity contribution is 0.850. The summed E-state index contributed by atoms with van der Waals surface area (Å²) in [4.78, 5) is 8.72. The number of anilines is 1. The summed E-state index contributed by atoms with van der Waals surface area (Å²) in [6.07, 6.45) is 3.86. The highest BCUT2D eigenvalue weighted by molar-refractivity contribution is 6.02. The van der Waals surface area contributed by atoms with Crippen molar-refractivity contribution < 1.29 is 0 Å². The summed E-state index contributed by atoms with van der Waals surface area (Å²) in [5.74, 6) is 0. The highest BCUT2D eigenvalue weighted by atomic mass is 15.1. The van der Waals surface area contributed by atoms with Crippen LogP contribution in [0.3, 0.4) is 0 Å². The first-order valence-corrected chi connectivity index (χ1v) is 5.02. The summed E-state index contributed by atoms with van der Waals surface area (Å²) in [6, 6.07) is 8.17. The molecule has 0 spiro atoms. The average molecular weight is 197 g/mol. The van der Waals surface area contributed by atoms with Gasteiger partial charge in [-0.2, -0.15) is 0 Å². The summed E-state index contributed by atoms with van der Waals surface area (Å²) in [5, 5.41) is 4.50. The Labute approximate surface area is 87.9 Å². The van der Waals surface area contributed by atoms with E-state index in [2.05, 4.69) is 33.5 Å². The minimum absolute atomic E-state index is 0.130. The van der Waals surface area contributed by atoms with Crippen molar-refractivity contribution in [2.45, 2.75) is 13.1 Å². The molecule has 0 fully saturated rings. The number of pyridine rings is 1. The van der Waals surface area contributed by atoms with Crippen LogP contribution in [-0.2, 0) is 0 Å². The van der Waals surface area contributed by atoms with Gasteiger partial charge < -0.3 is 5.32 Å². The molecular weight excluding hydrogens is 186 g/mol. The first-order valence-electron chi connectivity index (χ1n) is 5.02. The minimum Gasteiger partial charge on any atom is -0.362 e. The minimum atomic E-state index is 0.130. The number of hydrogen-bond acceptors (Lipinski definition) is 3. The van der Waals surface area contributed by atoms with Crippen molar-refractivity contribution in [3.8, 4) is 0 Å². The van der Waals surface area contributed by atoms with E-state index in [0.717, 1.165) is 22.2 Å². The maximum absolute atomic E-state index is 4.40. The number of rotatable bonds is 0. The largest absolute Gasteiger partial charge is 0.362 e. The van der Waals surface area contributed by atoms with Gasteiger partial charge in [-0.1, -0.05) is 18.2 Å². The van der Waals surface area contributed by atoms with Crippen molar-refractivity contribution >= 4 is 22.8 Å². The Bertz CT molecular complexity index is 546. The first-order chi connectivity index (χ1) is 7.34. The molecule has 1 unspecified atom stereocenters. The number of hydrogen-bond donors (Lipinski definition) is 1. The number of aliphatic imine (C=N–C) groups is 1. The van der Waals surface area contributed by atoms with Crippen LogP contribution in [-0.4, -0.2) is 17.4 Å². The van der Waals surface area contributed by atoms with Crippen LogP contribution in [0.1, 0.15) is 12.5 Å². The molecule has 0 bridgehead atoms. The van der Waals surface area contributed by atoms with Crippen molar-refractivity contribution in [1.82, 2.24) is 4.98 Å². The standard InChI is InChI=1S/C12H11N3/c1-8-14-7-10-5-4-9-3-2-6-13-11(9)12(10)15-8/h2-8,15H,1H3. The summed E-state index contributed by atoms with van der Waals surface area (Å²) < 4.78 is 0. The van der Waals surface area contributed by atoms with Gasteiger partial charge in [0.05, 0.1) is 11.2 Å². The molecule has 3 heteroatoms. The second kappa shape index (κ2) is 3.05. The van der Waals surface area contributed by atoms with Gasteiger partial charge in [0, 0.05) is 23.4 Å². The molecule has 1 aromatic heterocycles. The third-order valence-electron chi connectivity index (χ3n) is 2.60. The molecule has 74 valence electrons. The molecule has 2 aromatic rings. The van der Waals surface area contributed by atoms with Gasteiger partial charge >= 0.3 is 0 Å². The highest BCUT2D eigenvalue weighted by Crippen LogP contribution is 2.27. The Balaban J connectivity index is 2.34. The van der Waals surface area contributed by atoms with Crippen molar-refractivity contribution in [3.63, 3.8) is 0 Å². The first kappa shape index (κ1) is 8.41. The molecule has 0 amide bonds. The Morgan fingerprint density at radius 2 is 2.20 bits per heavy atom. The predicted octanol–water partition coefficient (Wildman–Crippen LogP) is 2.43. The van der Waals surface area contributed by atoms with Gasteiger partial charge in [0.1, 0.15) is 6.17 Å².